The van der Waals surface area contributed by atoms with Crippen LogP contribution in [-0.2, 0) is 23.0 Å². The highest BCUT2D eigenvalue weighted by molar-refractivity contribution is 7.92. The van der Waals surface area contributed by atoms with Gasteiger partial charge >= 0.3 is 0 Å². The maximum absolute atomic E-state index is 13.2. The molecule has 1 heterocycles. The van der Waals surface area contributed by atoms with Crippen molar-refractivity contribution in [3.8, 4) is 0 Å². The number of hydrogen-bond acceptors (Lipinski definition) is 3. The number of rotatable bonds is 5. The van der Waals surface area contributed by atoms with Gasteiger partial charge in [-0.15, -0.1) is 0 Å². The number of halogens is 1. The molecule has 154 valence electrons. The van der Waals surface area contributed by atoms with Crippen LogP contribution in [0.25, 0.3) is 0 Å². The third kappa shape index (κ3) is 4.20. The summed E-state index contributed by atoms with van der Waals surface area (Å²) < 4.78 is 27.8. The average Bonchev–Trinajstić information content (AvgIpc) is 2.77. The first-order valence-electron chi connectivity index (χ1n) is 9.68. The first-order valence-corrected chi connectivity index (χ1v) is 11.5. The summed E-state index contributed by atoms with van der Waals surface area (Å²) in [6.07, 6.45) is 1.65. The first kappa shape index (κ1) is 20.4. The van der Waals surface area contributed by atoms with Crippen LogP contribution in [0, 0.1) is 0 Å². The number of anilines is 1. The molecule has 0 saturated carbocycles. The zero-order valence-electron chi connectivity index (χ0n) is 16.2. The third-order valence-corrected chi connectivity index (χ3v) is 7.18. The molecule has 1 amide bonds. The maximum Gasteiger partial charge on any atom is 0.264 e. The van der Waals surface area contributed by atoms with Gasteiger partial charge in [-0.25, -0.2) is 8.42 Å². The van der Waals surface area contributed by atoms with Crippen LogP contribution in [0.4, 0.5) is 5.69 Å². The standard InChI is InChI=1S/C23H21ClN2O3S/c24-20-8-3-5-17(15-20)16-25-23(27)19-10-12-21(13-11-19)30(28,29)26-14-4-7-18-6-1-2-9-22(18)26/h1-3,5-6,8-13,15H,4,7,14,16H2,(H,25,27). The number of aryl methyl sites for hydroxylation is 1. The largest absolute Gasteiger partial charge is 0.348 e. The highest BCUT2D eigenvalue weighted by atomic mass is 35.5. The van der Waals surface area contributed by atoms with Crippen molar-refractivity contribution in [1.29, 1.82) is 0 Å². The second-order valence-corrected chi connectivity index (χ2v) is 9.45. The number of nitrogens with one attached hydrogen (secondary N) is 1. The molecule has 3 aromatic rings. The van der Waals surface area contributed by atoms with Crippen molar-refractivity contribution in [2.75, 3.05) is 10.8 Å². The molecule has 0 saturated heterocycles. The van der Waals surface area contributed by atoms with Gasteiger partial charge in [0.15, 0.2) is 0 Å². The Hall–Kier alpha value is -2.83. The first-order chi connectivity index (χ1) is 14.4. The van der Waals surface area contributed by atoms with E-state index < -0.39 is 10.0 Å². The molecule has 1 aliphatic rings. The van der Waals surface area contributed by atoms with E-state index in [2.05, 4.69) is 5.32 Å². The van der Waals surface area contributed by atoms with E-state index in [-0.39, 0.29) is 10.8 Å². The lowest BCUT2D eigenvalue weighted by Crippen LogP contribution is -2.35. The third-order valence-electron chi connectivity index (χ3n) is 5.11. The zero-order valence-corrected chi connectivity index (χ0v) is 17.8. The van der Waals surface area contributed by atoms with Crippen LogP contribution >= 0.6 is 11.6 Å². The molecule has 0 radical (unpaired) electrons. The van der Waals surface area contributed by atoms with Crippen LogP contribution < -0.4 is 9.62 Å². The van der Waals surface area contributed by atoms with E-state index >= 15 is 0 Å². The SMILES string of the molecule is O=C(NCc1cccc(Cl)c1)c1ccc(S(=O)(=O)N2CCCc3ccccc32)cc1. The molecular weight excluding hydrogens is 420 g/mol. The summed E-state index contributed by atoms with van der Waals surface area (Å²) in [5.41, 5.74) is 3.05. The van der Waals surface area contributed by atoms with Crippen LogP contribution in [-0.4, -0.2) is 20.9 Å². The zero-order chi connectivity index (χ0) is 21.1. The molecule has 5 nitrogen and oxygen atoms in total. The van der Waals surface area contributed by atoms with Crippen LogP contribution in [0.5, 0.6) is 0 Å². The number of carbonyl (C=O) groups is 1. The van der Waals surface area contributed by atoms with Gasteiger partial charge in [-0.05, 0) is 66.4 Å². The number of fused-ring (bicyclic) bond motifs is 1. The van der Waals surface area contributed by atoms with Crippen LogP contribution in [0.15, 0.2) is 77.7 Å². The minimum absolute atomic E-state index is 0.172. The summed E-state index contributed by atoms with van der Waals surface area (Å²) in [5.74, 6) is -0.276. The van der Waals surface area contributed by atoms with Gasteiger partial charge in [0.1, 0.15) is 0 Å². The predicted molar refractivity (Wildman–Crippen MR) is 118 cm³/mol. The number of carbonyl (C=O) groups excluding carboxylic acids is 1. The summed E-state index contributed by atoms with van der Waals surface area (Å²) in [6.45, 7) is 0.783. The fraction of sp³-hybridized carbons (Fsp3) is 0.174. The van der Waals surface area contributed by atoms with Crippen molar-refractivity contribution < 1.29 is 13.2 Å². The number of sulfonamides is 1. The van der Waals surface area contributed by atoms with Gasteiger partial charge in [-0.2, -0.15) is 0 Å². The Kier molecular flexibility index (Phi) is 5.79. The molecule has 0 spiro atoms. The molecule has 0 aliphatic carbocycles. The van der Waals surface area contributed by atoms with Crippen molar-refractivity contribution >= 4 is 33.2 Å². The summed E-state index contributed by atoms with van der Waals surface area (Å²) in [7, 11) is -3.69. The molecule has 30 heavy (non-hydrogen) atoms. The van der Waals surface area contributed by atoms with Crippen molar-refractivity contribution in [1.82, 2.24) is 5.32 Å². The van der Waals surface area contributed by atoms with Gasteiger partial charge in [0.05, 0.1) is 10.6 Å². The second kappa shape index (κ2) is 8.50. The van der Waals surface area contributed by atoms with Gasteiger partial charge in [0.25, 0.3) is 15.9 Å². The normalized spacial score (nSPS) is 13.6. The molecule has 7 heteroatoms. The second-order valence-electron chi connectivity index (χ2n) is 7.15. The van der Waals surface area contributed by atoms with Gasteiger partial charge in [0.2, 0.25) is 0 Å². The molecule has 1 aliphatic heterocycles. The molecule has 0 atom stereocenters. The molecule has 4 rings (SSSR count). The Balaban J connectivity index is 1.50. The molecule has 1 N–H and O–H groups in total. The van der Waals surface area contributed by atoms with E-state index in [1.54, 1.807) is 12.1 Å². The number of hydrogen-bond donors (Lipinski definition) is 1. The van der Waals surface area contributed by atoms with Gasteiger partial charge in [-0.3, -0.25) is 9.10 Å². The summed E-state index contributed by atoms with van der Waals surface area (Å²) in [4.78, 5) is 12.6. The number of para-hydroxylation sites is 1. The Labute approximate surface area is 181 Å². The van der Waals surface area contributed by atoms with E-state index in [1.165, 1.54) is 28.6 Å². The van der Waals surface area contributed by atoms with Crippen LogP contribution in [0.3, 0.4) is 0 Å². The maximum atomic E-state index is 13.2. The van der Waals surface area contributed by atoms with E-state index in [4.69, 9.17) is 11.6 Å². The summed E-state index contributed by atoms with van der Waals surface area (Å²) >= 11 is 5.96. The lowest BCUT2D eigenvalue weighted by molar-refractivity contribution is 0.0951. The number of benzene rings is 3. The molecular formula is C23H21ClN2O3S. The van der Waals surface area contributed by atoms with E-state index in [9.17, 15) is 13.2 Å². The van der Waals surface area contributed by atoms with E-state index in [0.717, 1.165) is 29.7 Å². The lowest BCUT2D eigenvalue weighted by atomic mass is 10.0. The van der Waals surface area contributed by atoms with Crippen LogP contribution in [0.1, 0.15) is 27.9 Å². The Morgan fingerprint density at radius 3 is 2.53 bits per heavy atom. The van der Waals surface area contributed by atoms with Crippen molar-refractivity contribution in [2.24, 2.45) is 0 Å². The van der Waals surface area contributed by atoms with Crippen molar-refractivity contribution in [3.63, 3.8) is 0 Å². The van der Waals surface area contributed by atoms with Crippen LogP contribution in [0.2, 0.25) is 5.02 Å². The average molecular weight is 441 g/mol. The fourth-order valence-corrected chi connectivity index (χ4v) is 5.34. The van der Waals surface area contributed by atoms with Gasteiger partial charge in [-0.1, -0.05) is 41.9 Å². The number of amides is 1. The molecule has 0 bridgehead atoms. The Morgan fingerprint density at radius 2 is 1.77 bits per heavy atom. The van der Waals surface area contributed by atoms with Crippen molar-refractivity contribution in [3.05, 3.63) is 94.5 Å². The highest BCUT2D eigenvalue weighted by Crippen LogP contribution is 2.31. The van der Waals surface area contributed by atoms with Crippen molar-refractivity contribution in [2.45, 2.75) is 24.3 Å². The Bertz CT molecular complexity index is 1180. The molecule has 3 aromatic carbocycles. The Morgan fingerprint density at radius 1 is 1.00 bits per heavy atom. The fourth-order valence-electron chi connectivity index (χ4n) is 3.59. The van der Waals surface area contributed by atoms with Gasteiger partial charge < -0.3 is 5.32 Å². The minimum atomic E-state index is -3.69. The molecule has 0 unspecified atom stereocenters. The minimum Gasteiger partial charge on any atom is -0.348 e. The van der Waals surface area contributed by atoms with Gasteiger partial charge in [0, 0.05) is 23.7 Å². The highest BCUT2D eigenvalue weighted by Gasteiger charge is 2.28. The summed E-state index contributed by atoms with van der Waals surface area (Å²) in [5, 5.41) is 3.43. The summed E-state index contributed by atoms with van der Waals surface area (Å²) in [6, 6.07) is 20.9. The lowest BCUT2D eigenvalue weighted by Gasteiger charge is -2.30. The topological polar surface area (TPSA) is 66.5 Å². The molecule has 0 aromatic heterocycles. The van der Waals surface area contributed by atoms with E-state index in [1.807, 2.05) is 36.4 Å². The monoisotopic (exact) mass is 440 g/mol. The quantitative estimate of drug-likeness (QED) is 0.639. The smallest absolute Gasteiger partial charge is 0.264 e. The number of nitrogens with zero attached hydrogens (tertiary/aromatic N) is 1. The van der Waals surface area contributed by atoms with E-state index in [0.29, 0.717) is 23.7 Å². The molecule has 0 fully saturated rings. The predicted octanol–water partition coefficient (Wildman–Crippen LogP) is 4.41.